The van der Waals surface area contributed by atoms with Crippen LogP contribution in [0.15, 0.2) is 60.7 Å². The van der Waals surface area contributed by atoms with Gasteiger partial charge in [-0.25, -0.2) is 9.59 Å². The van der Waals surface area contributed by atoms with Crippen molar-refractivity contribution in [3.63, 3.8) is 0 Å². The average Bonchev–Trinajstić information content (AvgIpc) is 3.29. The van der Waals surface area contributed by atoms with Crippen LogP contribution in [0.4, 0.5) is 4.79 Å². The summed E-state index contributed by atoms with van der Waals surface area (Å²) in [6.45, 7) is 5.16. The van der Waals surface area contributed by atoms with Gasteiger partial charge >= 0.3 is 18.0 Å². The highest BCUT2D eigenvalue weighted by atomic mass is 127. The summed E-state index contributed by atoms with van der Waals surface area (Å²) in [5.41, 5.74) is 4.01. The van der Waals surface area contributed by atoms with Crippen LogP contribution in [0.25, 0.3) is 11.1 Å². The summed E-state index contributed by atoms with van der Waals surface area (Å²) in [6.07, 6.45) is -1.30. The largest absolute Gasteiger partial charge is 0.506 e. The van der Waals surface area contributed by atoms with Crippen molar-refractivity contribution in [1.29, 1.82) is 0 Å². The molecule has 0 saturated heterocycles. The maximum absolute atomic E-state index is 13.4. The Kier molecular flexibility index (Phi) is 11.3. The van der Waals surface area contributed by atoms with E-state index in [0.29, 0.717) is 12.7 Å². The molecular weight excluding hydrogens is 806 g/mol. The predicted octanol–water partition coefficient (Wildman–Crippen LogP) is 5.74. The van der Waals surface area contributed by atoms with E-state index in [0.717, 1.165) is 22.3 Å². The summed E-state index contributed by atoms with van der Waals surface area (Å²) < 4.78 is 12.0. The zero-order valence-electron chi connectivity index (χ0n) is 24.9. The van der Waals surface area contributed by atoms with Crippen molar-refractivity contribution in [3.8, 4) is 16.9 Å². The van der Waals surface area contributed by atoms with Crippen molar-refractivity contribution in [3.05, 3.63) is 84.5 Å². The van der Waals surface area contributed by atoms with E-state index in [1.54, 1.807) is 32.9 Å². The molecule has 3 aromatic rings. The van der Waals surface area contributed by atoms with Gasteiger partial charge in [-0.3, -0.25) is 9.59 Å². The number of nitrogens with one attached hydrogen (secondary N) is 2. The highest BCUT2D eigenvalue weighted by Crippen LogP contribution is 2.44. The first-order valence-corrected chi connectivity index (χ1v) is 16.4. The number of phenols is 1. The Morgan fingerprint density at radius 3 is 1.98 bits per heavy atom. The highest BCUT2D eigenvalue weighted by molar-refractivity contribution is 14.1. The lowest BCUT2D eigenvalue weighted by Gasteiger charge is -2.23. The van der Waals surface area contributed by atoms with Crippen LogP contribution in [0.1, 0.15) is 56.2 Å². The number of carboxylic acids is 1. The number of aromatic hydroxyl groups is 1. The summed E-state index contributed by atoms with van der Waals surface area (Å²) in [5.74, 6) is -2.76. The number of benzene rings is 3. The van der Waals surface area contributed by atoms with Gasteiger partial charge in [-0.1, -0.05) is 48.5 Å². The van der Waals surface area contributed by atoms with Crippen LogP contribution < -0.4 is 10.6 Å². The van der Waals surface area contributed by atoms with Gasteiger partial charge in [0, 0.05) is 18.8 Å². The number of aliphatic carboxylic acids is 1. The van der Waals surface area contributed by atoms with Crippen LogP contribution in [0.3, 0.4) is 0 Å². The van der Waals surface area contributed by atoms with Gasteiger partial charge in [-0.15, -0.1) is 0 Å². The van der Waals surface area contributed by atoms with Crippen LogP contribution in [0, 0.1) is 7.14 Å². The number of carbonyl (C=O) groups excluding carboxylic acids is 3. The van der Waals surface area contributed by atoms with Crippen LogP contribution >= 0.6 is 45.2 Å². The van der Waals surface area contributed by atoms with E-state index in [-0.39, 0.29) is 37.5 Å². The van der Waals surface area contributed by atoms with E-state index < -0.39 is 41.6 Å². The third-order valence-electron chi connectivity index (χ3n) is 7.14. The maximum atomic E-state index is 13.4. The fraction of sp³-hybridized carbons (Fsp3) is 0.333. The topological polar surface area (TPSA) is 151 Å². The molecule has 4 rings (SSSR count). The van der Waals surface area contributed by atoms with Crippen molar-refractivity contribution >= 4 is 69.1 Å². The molecule has 10 nitrogen and oxygen atoms in total. The van der Waals surface area contributed by atoms with E-state index in [9.17, 15) is 29.4 Å². The number of hydrogen-bond donors (Lipinski definition) is 4. The highest BCUT2D eigenvalue weighted by Gasteiger charge is 2.31. The molecule has 0 aliphatic heterocycles. The molecule has 4 N–H and O–H groups in total. The Hall–Kier alpha value is -3.40. The van der Waals surface area contributed by atoms with E-state index in [1.165, 1.54) is 0 Å². The van der Waals surface area contributed by atoms with Crippen molar-refractivity contribution < 1.29 is 38.9 Å². The molecule has 0 unspecified atom stereocenters. The molecule has 45 heavy (non-hydrogen) atoms. The fourth-order valence-electron chi connectivity index (χ4n) is 5.15. The molecule has 0 radical (unpaired) electrons. The SMILES string of the molecule is CC(C)(C)OC(=O)CC[C@H](NC(=O)OCC1c2ccccc2-c2ccccc21)C(=O)N[C@@H](Cc1cc(I)c(O)c(I)c1)C(=O)O. The molecule has 12 heteroatoms. The summed E-state index contributed by atoms with van der Waals surface area (Å²) >= 11 is 3.88. The van der Waals surface area contributed by atoms with Crippen LogP contribution in [-0.2, 0) is 30.3 Å². The Morgan fingerprint density at radius 1 is 0.889 bits per heavy atom. The molecule has 1 aliphatic rings. The lowest BCUT2D eigenvalue weighted by molar-refractivity contribution is -0.155. The number of fused-ring (bicyclic) bond motifs is 3. The van der Waals surface area contributed by atoms with E-state index in [2.05, 4.69) is 10.6 Å². The van der Waals surface area contributed by atoms with Crippen LogP contribution in [0.5, 0.6) is 5.75 Å². The third-order valence-corrected chi connectivity index (χ3v) is 8.79. The first kappa shape index (κ1) is 34.5. The first-order chi connectivity index (χ1) is 21.2. The zero-order chi connectivity index (χ0) is 32.9. The van der Waals surface area contributed by atoms with Crippen LogP contribution in [-0.4, -0.2) is 58.4 Å². The van der Waals surface area contributed by atoms with E-state index >= 15 is 0 Å². The molecule has 0 saturated carbocycles. The number of phenolic OH excluding ortho intramolecular Hbond substituents is 1. The van der Waals surface area contributed by atoms with Gasteiger partial charge < -0.3 is 30.3 Å². The van der Waals surface area contributed by atoms with Gasteiger partial charge in [-0.2, -0.15) is 0 Å². The minimum absolute atomic E-state index is 0.0101. The number of halogens is 2. The molecule has 0 fully saturated rings. The molecule has 238 valence electrons. The second-order valence-corrected chi connectivity index (χ2v) is 14.0. The minimum atomic E-state index is -1.35. The predicted molar refractivity (Wildman–Crippen MR) is 184 cm³/mol. The smallest absolute Gasteiger partial charge is 0.407 e. The monoisotopic (exact) mass is 840 g/mol. The number of alkyl carbamates (subject to hydrolysis) is 1. The van der Waals surface area contributed by atoms with E-state index in [4.69, 9.17) is 9.47 Å². The Labute approximate surface area is 288 Å². The standard InChI is InChI=1S/C33H34I2N2O8/c1-33(2,3)45-28(38)13-12-26(30(40)36-27(31(41)42)16-18-14-24(34)29(39)25(35)15-18)37-32(43)44-17-23-21-10-6-4-8-19(21)20-9-5-7-11-22(20)23/h4-11,14-15,23,26-27,39H,12-13,16-17H2,1-3H3,(H,36,40)(H,37,43)(H,41,42)/t26-,27-/m0/s1. The van der Waals surface area contributed by atoms with Gasteiger partial charge in [0.25, 0.3) is 0 Å². The second kappa shape index (κ2) is 14.8. The molecule has 2 atom stereocenters. The number of hydrogen-bond acceptors (Lipinski definition) is 7. The fourth-order valence-corrected chi connectivity index (χ4v) is 7.05. The first-order valence-electron chi connectivity index (χ1n) is 14.3. The Bertz CT molecular complexity index is 1540. The summed E-state index contributed by atoms with van der Waals surface area (Å²) in [4.78, 5) is 51.1. The van der Waals surface area contributed by atoms with Gasteiger partial charge in [0.2, 0.25) is 5.91 Å². The van der Waals surface area contributed by atoms with Gasteiger partial charge in [0.15, 0.2) is 0 Å². The second-order valence-electron chi connectivity index (χ2n) is 11.7. The lowest BCUT2D eigenvalue weighted by atomic mass is 9.98. The maximum Gasteiger partial charge on any atom is 0.407 e. The molecule has 0 aromatic heterocycles. The molecule has 0 heterocycles. The third kappa shape index (κ3) is 9.08. The lowest BCUT2D eigenvalue weighted by Crippen LogP contribution is -2.52. The molecule has 0 bridgehead atoms. The van der Waals surface area contributed by atoms with Crippen molar-refractivity contribution in [2.75, 3.05) is 6.61 Å². The van der Waals surface area contributed by atoms with Gasteiger partial charge in [0.1, 0.15) is 30.0 Å². The number of amides is 2. The normalized spacial score (nSPS) is 13.6. The van der Waals surface area contributed by atoms with Gasteiger partial charge in [-0.05, 0) is 112 Å². The summed E-state index contributed by atoms with van der Waals surface area (Å²) in [7, 11) is 0. The number of carboxylic acid groups (broad SMARTS) is 1. The summed E-state index contributed by atoms with van der Waals surface area (Å²) in [6, 6.07) is 16.4. The quantitative estimate of drug-likeness (QED) is 0.141. The van der Waals surface area contributed by atoms with Crippen molar-refractivity contribution in [2.45, 2.75) is 63.6 Å². The number of ether oxygens (including phenoxy) is 2. The summed E-state index contributed by atoms with van der Waals surface area (Å²) in [5, 5.41) is 25.0. The van der Waals surface area contributed by atoms with Crippen molar-refractivity contribution in [2.24, 2.45) is 0 Å². The molecular formula is C33H34I2N2O8. The molecule has 3 aromatic carbocycles. The number of rotatable bonds is 11. The number of esters is 1. The Balaban J connectivity index is 1.47. The molecule has 1 aliphatic carbocycles. The zero-order valence-corrected chi connectivity index (χ0v) is 29.2. The van der Waals surface area contributed by atoms with Gasteiger partial charge in [0.05, 0.1) is 7.14 Å². The van der Waals surface area contributed by atoms with Crippen LogP contribution in [0.2, 0.25) is 0 Å². The Morgan fingerprint density at radius 2 is 1.44 bits per heavy atom. The van der Waals surface area contributed by atoms with E-state index in [1.807, 2.05) is 93.7 Å². The minimum Gasteiger partial charge on any atom is -0.506 e. The number of carbonyl (C=O) groups is 4. The average molecular weight is 840 g/mol. The molecule has 2 amide bonds. The van der Waals surface area contributed by atoms with Crippen molar-refractivity contribution in [1.82, 2.24) is 10.6 Å². The molecule has 0 spiro atoms.